The van der Waals surface area contributed by atoms with Crippen molar-refractivity contribution in [3.63, 3.8) is 0 Å². The molecule has 0 heterocycles. The lowest BCUT2D eigenvalue weighted by molar-refractivity contribution is 0.525. The number of aryl methyl sites for hydroxylation is 1. The van der Waals surface area contributed by atoms with Gasteiger partial charge in [0.25, 0.3) is 0 Å². The molecule has 90 valence electrons. The highest BCUT2D eigenvalue weighted by molar-refractivity contribution is 5.47. The van der Waals surface area contributed by atoms with Crippen molar-refractivity contribution in [2.45, 2.75) is 46.6 Å². The van der Waals surface area contributed by atoms with Crippen molar-refractivity contribution >= 4 is 5.69 Å². The molecule has 0 saturated heterocycles. The number of benzene rings is 1. The van der Waals surface area contributed by atoms with Gasteiger partial charge in [0.15, 0.2) is 0 Å². The Balaban J connectivity index is 2.55. The van der Waals surface area contributed by atoms with Crippen LogP contribution in [0.4, 0.5) is 10.1 Å². The molecule has 0 saturated carbocycles. The standard InChI is InChI=1S/C14H22FN/c1-10(2)5-7-12(4)16-14-9-11(3)6-8-13(14)15/h6,8-10,12,16H,5,7H2,1-4H3. The summed E-state index contributed by atoms with van der Waals surface area (Å²) in [6.07, 6.45) is 2.24. The van der Waals surface area contributed by atoms with Crippen LogP contribution in [-0.2, 0) is 0 Å². The van der Waals surface area contributed by atoms with Gasteiger partial charge in [-0.15, -0.1) is 0 Å². The second kappa shape index (κ2) is 5.88. The number of anilines is 1. The topological polar surface area (TPSA) is 12.0 Å². The van der Waals surface area contributed by atoms with Gasteiger partial charge in [-0.25, -0.2) is 4.39 Å². The Bertz CT molecular complexity index is 334. The van der Waals surface area contributed by atoms with Gasteiger partial charge in [-0.3, -0.25) is 0 Å². The normalized spacial score (nSPS) is 12.9. The van der Waals surface area contributed by atoms with Crippen LogP contribution in [-0.4, -0.2) is 6.04 Å². The van der Waals surface area contributed by atoms with Crippen molar-refractivity contribution in [1.29, 1.82) is 0 Å². The van der Waals surface area contributed by atoms with Crippen LogP contribution in [0.25, 0.3) is 0 Å². The highest BCUT2D eigenvalue weighted by Crippen LogP contribution is 2.18. The van der Waals surface area contributed by atoms with Gasteiger partial charge < -0.3 is 5.32 Å². The lowest BCUT2D eigenvalue weighted by Gasteiger charge is -2.17. The van der Waals surface area contributed by atoms with Gasteiger partial charge >= 0.3 is 0 Å². The molecule has 16 heavy (non-hydrogen) atoms. The van der Waals surface area contributed by atoms with Crippen LogP contribution >= 0.6 is 0 Å². The van der Waals surface area contributed by atoms with Crippen LogP contribution in [0.1, 0.15) is 39.2 Å². The Labute approximate surface area is 98.1 Å². The summed E-state index contributed by atoms with van der Waals surface area (Å²) >= 11 is 0. The fourth-order valence-corrected chi connectivity index (χ4v) is 1.67. The largest absolute Gasteiger partial charge is 0.380 e. The van der Waals surface area contributed by atoms with E-state index in [9.17, 15) is 4.39 Å². The van der Waals surface area contributed by atoms with Crippen molar-refractivity contribution in [2.24, 2.45) is 5.92 Å². The van der Waals surface area contributed by atoms with Gasteiger partial charge in [-0.05, 0) is 50.3 Å². The molecule has 0 aromatic heterocycles. The van der Waals surface area contributed by atoms with Gasteiger partial charge in [0, 0.05) is 6.04 Å². The third kappa shape index (κ3) is 4.21. The minimum Gasteiger partial charge on any atom is -0.380 e. The molecular formula is C14H22FN. The monoisotopic (exact) mass is 223 g/mol. The lowest BCUT2D eigenvalue weighted by Crippen LogP contribution is -2.16. The quantitative estimate of drug-likeness (QED) is 0.781. The van der Waals surface area contributed by atoms with E-state index >= 15 is 0 Å². The van der Waals surface area contributed by atoms with E-state index in [0.717, 1.165) is 12.0 Å². The second-order valence-electron chi connectivity index (χ2n) is 5.00. The predicted molar refractivity (Wildman–Crippen MR) is 68.3 cm³/mol. The Kier molecular flexibility index (Phi) is 4.78. The molecule has 1 nitrogen and oxygen atoms in total. The lowest BCUT2D eigenvalue weighted by atomic mass is 10.0. The van der Waals surface area contributed by atoms with Crippen molar-refractivity contribution in [1.82, 2.24) is 0 Å². The molecule has 0 spiro atoms. The van der Waals surface area contributed by atoms with Gasteiger partial charge in [0.1, 0.15) is 5.82 Å². The zero-order valence-electron chi connectivity index (χ0n) is 10.7. The van der Waals surface area contributed by atoms with Crippen LogP contribution in [0.2, 0.25) is 0 Å². The Morgan fingerprint density at radius 2 is 1.88 bits per heavy atom. The minimum absolute atomic E-state index is 0.165. The highest BCUT2D eigenvalue weighted by Gasteiger charge is 2.07. The summed E-state index contributed by atoms with van der Waals surface area (Å²) in [6.45, 7) is 8.49. The minimum atomic E-state index is -0.165. The molecule has 1 rings (SSSR count). The molecular weight excluding hydrogens is 201 g/mol. The van der Waals surface area contributed by atoms with Gasteiger partial charge in [-0.2, -0.15) is 0 Å². The first-order chi connectivity index (χ1) is 7.49. The van der Waals surface area contributed by atoms with Gasteiger partial charge in [-0.1, -0.05) is 19.9 Å². The van der Waals surface area contributed by atoms with Crippen LogP contribution in [0.15, 0.2) is 18.2 Å². The van der Waals surface area contributed by atoms with E-state index in [0.29, 0.717) is 17.6 Å². The number of nitrogens with one attached hydrogen (secondary N) is 1. The predicted octanol–water partition coefficient (Wildman–Crippen LogP) is 4.37. The molecule has 0 aliphatic heterocycles. The summed E-state index contributed by atoms with van der Waals surface area (Å²) in [5.41, 5.74) is 1.70. The number of halogens is 1. The molecule has 1 N–H and O–H groups in total. The highest BCUT2D eigenvalue weighted by atomic mass is 19.1. The van der Waals surface area contributed by atoms with E-state index in [4.69, 9.17) is 0 Å². The molecule has 1 unspecified atom stereocenters. The molecule has 1 aromatic carbocycles. The Morgan fingerprint density at radius 3 is 2.50 bits per heavy atom. The fourth-order valence-electron chi connectivity index (χ4n) is 1.67. The summed E-state index contributed by atoms with van der Waals surface area (Å²) in [5, 5.41) is 3.23. The summed E-state index contributed by atoms with van der Waals surface area (Å²) in [5.74, 6) is 0.536. The number of hydrogen-bond donors (Lipinski definition) is 1. The van der Waals surface area contributed by atoms with Crippen LogP contribution < -0.4 is 5.32 Å². The van der Waals surface area contributed by atoms with Crippen molar-refractivity contribution < 1.29 is 4.39 Å². The molecule has 0 bridgehead atoms. The van der Waals surface area contributed by atoms with Crippen molar-refractivity contribution in [3.05, 3.63) is 29.6 Å². The zero-order chi connectivity index (χ0) is 12.1. The van der Waals surface area contributed by atoms with Crippen LogP contribution in [0, 0.1) is 18.7 Å². The van der Waals surface area contributed by atoms with Crippen molar-refractivity contribution in [2.75, 3.05) is 5.32 Å². The van der Waals surface area contributed by atoms with E-state index in [1.165, 1.54) is 12.5 Å². The second-order valence-corrected chi connectivity index (χ2v) is 5.00. The molecule has 1 aromatic rings. The molecule has 0 radical (unpaired) electrons. The molecule has 0 aliphatic carbocycles. The van der Waals surface area contributed by atoms with Crippen molar-refractivity contribution in [3.8, 4) is 0 Å². The van der Waals surface area contributed by atoms with Gasteiger partial charge in [0.05, 0.1) is 5.69 Å². The van der Waals surface area contributed by atoms with E-state index in [-0.39, 0.29) is 5.82 Å². The molecule has 2 heteroatoms. The molecule has 0 aliphatic rings. The van der Waals surface area contributed by atoms with E-state index in [1.54, 1.807) is 6.07 Å². The number of rotatable bonds is 5. The maximum atomic E-state index is 13.5. The molecule has 1 atom stereocenters. The smallest absolute Gasteiger partial charge is 0.146 e. The van der Waals surface area contributed by atoms with Crippen LogP contribution in [0.3, 0.4) is 0 Å². The summed E-state index contributed by atoms with van der Waals surface area (Å²) in [4.78, 5) is 0. The first-order valence-electron chi connectivity index (χ1n) is 6.01. The fraction of sp³-hybridized carbons (Fsp3) is 0.571. The summed E-state index contributed by atoms with van der Waals surface area (Å²) in [6, 6.07) is 5.49. The number of hydrogen-bond acceptors (Lipinski definition) is 1. The van der Waals surface area contributed by atoms with Crippen LogP contribution in [0.5, 0.6) is 0 Å². The third-order valence-electron chi connectivity index (χ3n) is 2.70. The first-order valence-corrected chi connectivity index (χ1v) is 6.01. The maximum Gasteiger partial charge on any atom is 0.146 e. The maximum absolute atomic E-state index is 13.5. The van der Waals surface area contributed by atoms with E-state index in [2.05, 4.69) is 26.1 Å². The summed E-state index contributed by atoms with van der Waals surface area (Å²) in [7, 11) is 0. The zero-order valence-corrected chi connectivity index (χ0v) is 10.7. The average molecular weight is 223 g/mol. The average Bonchev–Trinajstić information content (AvgIpc) is 2.20. The van der Waals surface area contributed by atoms with Gasteiger partial charge in [0.2, 0.25) is 0 Å². The van der Waals surface area contributed by atoms with E-state index in [1.807, 2.05) is 13.0 Å². The SMILES string of the molecule is Cc1ccc(F)c(NC(C)CCC(C)C)c1. The first kappa shape index (κ1) is 13.0. The molecule has 0 amide bonds. The molecule has 0 fully saturated rings. The third-order valence-corrected chi connectivity index (χ3v) is 2.70. The summed E-state index contributed by atoms with van der Waals surface area (Å²) < 4.78 is 13.5. The Morgan fingerprint density at radius 1 is 1.19 bits per heavy atom. The Hall–Kier alpha value is -1.05. The van der Waals surface area contributed by atoms with E-state index < -0.39 is 0 Å².